The number of hydrogen-bond acceptors (Lipinski definition) is 3. The van der Waals surface area contributed by atoms with Crippen LogP contribution in [0.2, 0.25) is 5.02 Å². The van der Waals surface area contributed by atoms with Crippen LogP contribution in [0, 0.1) is 5.41 Å². The molecule has 1 aliphatic carbocycles. The van der Waals surface area contributed by atoms with E-state index >= 15 is 0 Å². The standard InChI is InChI=1S/C14H25ClN4/c1-3-9-19-12(11(15)10-17-19)13(18-16)14(2)7-5-4-6-8-14/h10,13,18H,3-9,16H2,1-2H3. The van der Waals surface area contributed by atoms with E-state index in [4.69, 9.17) is 17.4 Å². The molecule has 4 nitrogen and oxygen atoms in total. The molecular weight excluding hydrogens is 260 g/mol. The molecule has 3 N–H and O–H groups in total. The highest BCUT2D eigenvalue weighted by Crippen LogP contribution is 2.46. The van der Waals surface area contributed by atoms with Crippen LogP contribution in [0.25, 0.3) is 0 Å². The van der Waals surface area contributed by atoms with Gasteiger partial charge >= 0.3 is 0 Å². The van der Waals surface area contributed by atoms with Crippen LogP contribution in [-0.2, 0) is 6.54 Å². The van der Waals surface area contributed by atoms with E-state index in [1.807, 2.05) is 4.68 Å². The van der Waals surface area contributed by atoms with Crippen LogP contribution in [0.3, 0.4) is 0 Å². The summed E-state index contributed by atoms with van der Waals surface area (Å²) in [7, 11) is 0. The Morgan fingerprint density at radius 1 is 1.47 bits per heavy atom. The van der Waals surface area contributed by atoms with Crippen molar-refractivity contribution in [1.29, 1.82) is 0 Å². The van der Waals surface area contributed by atoms with Gasteiger partial charge < -0.3 is 0 Å². The highest BCUT2D eigenvalue weighted by atomic mass is 35.5. The second-order valence-electron chi connectivity index (χ2n) is 5.92. The van der Waals surface area contributed by atoms with Crippen molar-refractivity contribution in [3.8, 4) is 0 Å². The second kappa shape index (κ2) is 6.25. The van der Waals surface area contributed by atoms with E-state index in [1.165, 1.54) is 32.1 Å². The van der Waals surface area contributed by atoms with Crippen molar-refractivity contribution in [2.75, 3.05) is 0 Å². The van der Waals surface area contributed by atoms with Gasteiger partial charge in [0.15, 0.2) is 0 Å². The average Bonchev–Trinajstić information content (AvgIpc) is 2.74. The van der Waals surface area contributed by atoms with Crippen LogP contribution in [-0.4, -0.2) is 9.78 Å². The summed E-state index contributed by atoms with van der Waals surface area (Å²) in [5.74, 6) is 5.86. The minimum atomic E-state index is 0.0781. The van der Waals surface area contributed by atoms with Crippen molar-refractivity contribution in [3.05, 3.63) is 16.9 Å². The quantitative estimate of drug-likeness (QED) is 0.643. The SMILES string of the molecule is CCCn1ncc(Cl)c1C(NN)C1(C)CCCCC1. The molecule has 1 fully saturated rings. The van der Waals surface area contributed by atoms with Gasteiger partial charge in [0.25, 0.3) is 0 Å². The molecule has 5 heteroatoms. The van der Waals surface area contributed by atoms with Crippen LogP contribution >= 0.6 is 11.6 Å². The number of nitrogens with one attached hydrogen (secondary N) is 1. The molecule has 1 atom stereocenters. The zero-order chi connectivity index (χ0) is 13.9. The summed E-state index contributed by atoms with van der Waals surface area (Å²) in [4.78, 5) is 0. The Balaban J connectivity index is 2.33. The molecule has 2 rings (SSSR count). The number of aromatic nitrogens is 2. The predicted molar refractivity (Wildman–Crippen MR) is 78.8 cm³/mol. The second-order valence-corrected chi connectivity index (χ2v) is 6.32. The van der Waals surface area contributed by atoms with E-state index in [1.54, 1.807) is 6.20 Å². The predicted octanol–water partition coefficient (Wildman–Crippen LogP) is 3.42. The fourth-order valence-corrected chi connectivity index (χ4v) is 3.56. The minimum Gasteiger partial charge on any atom is -0.271 e. The summed E-state index contributed by atoms with van der Waals surface area (Å²) in [5, 5.41) is 5.11. The van der Waals surface area contributed by atoms with Crippen LogP contribution in [0.1, 0.15) is 64.1 Å². The molecule has 1 aliphatic rings. The number of hydrogen-bond donors (Lipinski definition) is 2. The number of aryl methyl sites for hydroxylation is 1. The molecule has 0 saturated heterocycles. The van der Waals surface area contributed by atoms with Crippen LogP contribution in [0.5, 0.6) is 0 Å². The summed E-state index contributed by atoms with van der Waals surface area (Å²) < 4.78 is 2.01. The lowest BCUT2D eigenvalue weighted by atomic mass is 9.70. The molecule has 1 aromatic heterocycles. The first-order valence-corrected chi connectivity index (χ1v) is 7.67. The van der Waals surface area contributed by atoms with Gasteiger partial charge in [-0.3, -0.25) is 16.0 Å². The van der Waals surface area contributed by atoms with E-state index in [0.717, 1.165) is 23.7 Å². The molecule has 0 spiro atoms. The first kappa shape index (κ1) is 14.8. The summed E-state index contributed by atoms with van der Waals surface area (Å²) in [5.41, 5.74) is 4.23. The molecule has 1 aromatic rings. The summed E-state index contributed by atoms with van der Waals surface area (Å²) in [6, 6.07) is 0.0781. The fourth-order valence-electron chi connectivity index (χ4n) is 3.31. The molecule has 0 bridgehead atoms. The Kier molecular flexibility index (Phi) is 4.87. The molecule has 19 heavy (non-hydrogen) atoms. The fraction of sp³-hybridized carbons (Fsp3) is 0.786. The zero-order valence-corrected chi connectivity index (χ0v) is 12.7. The van der Waals surface area contributed by atoms with E-state index in [-0.39, 0.29) is 11.5 Å². The Morgan fingerprint density at radius 3 is 2.74 bits per heavy atom. The monoisotopic (exact) mass is 284 g/mol. The van der Waals surface area contributed by atoms with Gasteiger partial charge in [-0.15, -0.1) is 0 Å². The van der Waals surface area contributed by atoms with Crippen molar-refractivity contribution in [3.63, 3.8) is 0 Å². The summed E-state index contributed by atoms with van der Waals surface area (Å²) in [6.07, 6.45) is 9.03. The zero-order valence-electron chi connectivity index (χ0n) is 12.0. The Hall–Kier alpha value is -0.580. The lowest BCUT2D eigenvalue weighted by Crippen LogP contribution is -2.42. The van der Waals surface area contributed by atoms with Gasteiger partial charge in [0.1, 0.15) is 0 Å². The smallest absolute Gasteiger partial charge is 0.0834 e. The van der Waals surface area contributed by atoms with Gasteiger partial charge in [0.2, 0.25) is 0 Å². The van der Waals surface area contributed by atoms with Crippen molar-refractivity contribution in [1.82, 2.24) is 15.2 Å². The maximum absolute atomic E-state index is 6.36. The number of nitrogens with zero attached hydrogens (tertiary/aromatic N) is 2. The first-order valence-electron chi connectivity index (χ1n) is 7.29. The Morgan fingerprint density at radius 2 is 2.16 bits per heavy atom. The Bertz CT molecular complexity index is 410. The van der Waals surface area contributed by atoms with E-state index in [0.29, 0.717) is 0 Å². The third-order valence-corrected chi connectivity index (χ3v) is 4.69. The third-order valence-electron chi connectivity index (χ3n) is 4.40. The maximum atomic E-state index is 6.36. The van der Waals surface area contributed by atoms with E-state index in [2.05, 4.69) is 24.4 Å². The van der Waals surface area contributed by atoms with Gasteiger partial charge in [-0.1, -0.05) is 44.7 Å². The van der Waals surface area contributed by atoms with Crippen LogP contribution in [0.4, 0.5) is 0 Å². The topological polar surface area (TPSA) is 55.9 Å². The van der Waals surface area contributed by atoms with Crippen molar-refractivity contribution >= 4 is 11.6 Å². The lowest BCUT2D eigenvalue weighted by molar-refractivity contribution is 0.138. The van der Waals surface area contributed by atoms with Gasteiger partial charge in [-0.05, 0) is 24.7 Å². The summed E-state index contributed by atoms with van der Waals surface area (Å²) in [6.45, 7) is 5.35. The molecule has 0 aromatic carbocycles. The largest absolute Gasteiger partial charge is 0.271 e. The maximum Gasteiger partial charge on any atom is 0.0834 e. The number of nitrogens with two attached hydrogens (primary N) is 1. The molecule has 0 aliphatic heterocycles. The average molecular weight is 285 g/mol. The van der Waals surface area contributed by atoms with Crippen molar-refractivity contribution in [2.24, 2.45) is 11.3 Å². The highest BCUT2D eigenvalue weighted by molar-refractivity contribution is 6.31. The van der Waals surface area contributed by atoms with E-state index in [9.17, 15) is 0 Å². The van der Waals surface area contributed by atoms with Gasteiger partial charge in [-0.2, -0.15) is 5.10 Å². The van der Waals surface area contributed by atoms with Crippen LogP contribution < -0.4 is 11.3 Å². The normalized spacial score (nSPS) is 20.4. The first-order chi connectivity index (χ1) is 9.12. The molecule has 108 valence electrons. The third kappa shape index (κ3) is 2.96. The number of rotatable bonds is 5. The molecule has 1 heterocycles. The molecular formula is C14H25ClN4. The number of halogens is 1. The van der Waals surface area contributed by atoms with Crippen molar-refractivity contribution in [2.45, 2.75) is 65.0 Å². The molecule has 0 radical (unpaired) electrons. The van der Waals surface area contributed by atoms with Gasteiger partial charge in [0, 0.05) is 6.54 Å². The lowest BCUT2D eigenvalue weighted by Gasteiger charge is -2.40. The van der Waals surface area contributed by atoms with Crippen molar-refractivity contribution < 1.29 is 0 Å². The minimum absolute atomic E-state index is 0.0781. The molecule has 0 amide bonds. The van der Waals surface area contributed by atoms with Crippen LogP contribution in [0.15, 0.2) is 6.20 Å². The van der Waals surface area contributed by atoms with Gasteiger partial charge in [0.05, 0.1) is 23.0 Å². The Labute approximate surface area is 120 Å². The number of hydrazine groups is 1. The molecule has 1 unspecified atom stereocenters. The summed E-state index contributed by atoms with van der Waals surface area (Å²) >= 11 is 6.36. The molecule has 1 saturated carbocycles. The van der Waals surface area contributed by atoms with E-state index < -0.39 is 0 Å². The highest BCUT2D eigenvalue weighted by Gasteiger charge is 2.38. The van der Waals surface area contributed by atoms with Gasteiger partial charge in [-0.25, -0.2) is 0 Å².